The minimum atomic E-state index is -0.500. The number of nitrogen functional groups attached to an aromatic ring is 1. The largest absolute Gasteiger partial charge is 0.463 e. The van der Waals surface area contributed by atoms with E-state index >= 15 is 0 Å². The monoisotopic (exact) mass is 555 g/mol. The van der Waals surface area contributed by atoms with Crippen LogP contribution in [0.4, 0.5) is 5.69 Å². The van der Waals surface area contributed by atoms with Crippen LogP contribution in [-0.2, 0) is 22.6 Å². The Balaban J connectivity index is 0.000000602. The SMILES string of the molecule is C=C.CC(C)(C)O.CCc1c(C)c(N)c(Br)c(C)c1-c1ccc(C)cc1.O=COCc1ccccc1. The molecule has 0 saturated carbocycles. The molecule has 5 heteroatoms. The minimum Gasteiger partial charge on any atom is -0.463 e. The lowest BCUT2D eigenvalue weighted by atomic mass is 9.89. The van der Waals surface area contributed by atoms with Crippen molar-refractivity contribution < 1.29 is 14.6 Å². The van der Waals surface area contributed by atoms with E-state index in [4.69, 9.17) is 10.8 Å². The van der Waals surface area contributed by atoms with Crippen molar-refractivity contribution in [2.75, 3.05) is 5.73 Å². The molecule has 3 aromatic carbocycles. The van der Waals surface area contributed by atoms with E-state index in [1.54, 1.807) is 20.8 Å². The van der Waals surface area contributed by atoms with Gasteiger partial charge in [-0.2, -0.15) is 0 Å². The summed E-state index contributed by atoms with van der Waals surface area (Å²) in [4.78, 5) is 9.76. The summed E-state index contributed by atoms with van der Waals surface area (Å²) in [6, 6.07) is 18.3. The van der Waals surface area contributed by atoms with Gasteiger partial charge < -0.3 is 15.6 Å². The molecule has 0 aromatic heterocycles. The summed E-state index contributed by atoms with van der Waals surface area (Å²) < 4.78 is 5.56. The average Bonchev–Trinajstić information content (AvgIpc) is 2.85. The van der Waals surface area contributed by atoms with Gasteiger partial charge in [-0.25, -0.2) is 0 Å². The number of hydrogen-bond acceptors (Lipinski definition) is 4. The summed E-state index contributed by atoms with van der Waals surface area (Å²) in [5.74, 6) is 0. The van der Waals surface area contributed by atoms with Crippen molar-refractivity contribution in [3.05, 3.63) is 100 Å². The summed E-state index contributed by atoms with van der Waals surface area (Å²) >= 11 is 3.63. The van der Waals surface area contributed by atoms with Crippen molar-refractivity contribution in [1.82, 2.24) is 0 Å². The Morgan fingerprint density at radius 3 is 1.92 bits per heavy atom. The molecular weight excluding hydrogens is 514 g/mol. The van der Waals surface area contributed by atoms with E-state index < -0.39 is 5.60 Å². The highest BCUT2D eigenvalue weighted by Crippen LogP contribution is 2.39. The number of benzene rings is 3. The molecule has 0 unspecified atom stereocenters. The second kappa shape index (κ2) is 16.7. The van der Waals surface area contributed by atoms with Gasteiger partial charge in [0.1, 0.15) is 6.61 Å². The van der Waals surface area contributed by atoms with Crippen LogP contribution in [0.5, 0.6) is 0 Å². The topological polar surface area (TPSA) is 72.5 Å². The summed E-state index contributed by atoms with van der Waals surface area (Å²) in [5, 5.41) is 8.52. The van der Waals surface area contributed by atoms with E-state index in [0.717, 1.165) is 22.1 Å². The Hall–Kier alpha value is -2.89. The molecule has 4 nitrogen and oxygen atoms in total. The average molecular weight is 557 g/mol. The first-order valence-corrected chi connectivity index (χ1v) is 12.7. The molecule has 0 aliphatic carbocycles. The van der Waals surface area contributed by atoms with Crippen molar-refractivity contribution in [2.24, 2.45) is 0 Å². The van der Waals surface area contributed by atoms with Crippen LogP contribution in [0.2, 0.25) is 0 Å². The highest BCUT2D eigenvalue weighted by Gasteiger charge is 2.16. The maximum Gasteiger partial charge on any atom is 0.293 e. The Morgan fingerprint density at radius 1 is 0.972 bits per heavy atom. The van der Waals surface area contributed by atoms with Gasteiger partial charge in [-0.3, -0.25) is 4.79 Å². The fraction of sp³-hybridized carbons (Fsp3) is 0.323. The van der Waals surface area contributed by atoms with E-state index in [1.165, 1.54) is 33.4 Å². The lowest BCUT2D eigenvalue weighted by Gasteiger charge is -2.19. The van der Waals surface area contributed by atoms with Crippen molar-refractivity contribution in [3.8, 4) is 11.1 Å². The number of hydrogen-bond donors (Lipinski definition) is 2. The number of carbonyl (C=O) groups is 1. The van der Waals surface area contributed by atoms with Crippen molar-refractivity contribution in [1.29, 1.82) is 0 Å². The lowest BCUT2D eigenvalue weighted by molar-refractivity contribution is -0.129. The number of halogens is 1. The molecule has 0 fully saturated rings. The number of aryl methyl sites for hydroxylation is 1. The van der Waals surface area contributed by atoms with Crippen LogP contribution in [0.25, 0.3) is 11.1 Å². The number of anilines is 1. The van der Waals surface area contributed by atoms with Crippen LogP contribution >= 0.6 is 15.9 Å². The minimum absolute atomic E-state index is 0.365. The lowest BCUT2D eigenvalue weighted by Crippen LogP contribution is -2.10. The maximum atomic E-state index is 9.76. The molecular formula is C31H42BrNO3. The Labute approximate surface area is 226 Å². The van der Waals surface area contributed by atoms with Gasteiger partial charge >= 0.3 is 0 Å². The van der Waals surface area contributed by atoms with Gasteiger partial charge in [0, 0.05) is 10.2 Å². The predicted octanol–water partition coefficient (Wildman–Crippen LogP) is 8.12. The van der Waals surface area contributed by atoms with Crippen LogP contribution in [0.3, 0.4) is 0 Å². The molecule has 0 saturated heterocycles. The van der Waals surface area contributed by atoms with Crippen molar-refractivity contribution in [2.45, 2.75) is 67.1 Å². The predicted molar refractivity (Wildman–Crippen MR) is 158 cm³/mol. The van der Waals surface area contributed by atoms with Gasteiger partial charge in [-0.15, -0.1) is 13.2 Å². The zero-order chi connectivity index (χ0) is 27.9. The summed E-state index contributed by atoms with van der Waals surface area (Å²) in [6.07, 6.45) is 0.993. The van der Waals surface area contributed by atoms with Gasteiger partial charge in [0.15, 0.2) is 0 Å². The number of carbonyl (C=O) groups excluding carboxylic acids is 1. The highest BCUT2D eigenvalue weighted by molar-refractivity contribution is 9.10. The molecule has 0 spiro atoms. The third-order valence-electron chi connectivity index (χ3n) is 4.95. The summed E-state index contributed by atoms with van der Waals surface area (Å²) in [6.45, 7) is 20.6. The Morgan fingerprint density at radius 2 is 1.47 bits per heavy atom. The van der Waals surface area contributed by atoms with Crippen LogP contribution in [0.1, 0.15) is 55.5 Å². The number of nitrogens with two attached hydrogens (primary N) is 1. The normalized spacial score (nSPS) is 9.92. The molecule has 0 heterocycles. The second-order valence-electron chi connectivity index (χ2n) is 9.11. The maximum absolute atomic E-state index is 9.76. The molecule has 0 radical (unpaired) electrons. The quantitative estimate of drug-likeness (QED) is 0.189. The van der Waals surface area contributed by atoms with Gasteiger partial charge in [0.2, 0.25) is 0 Å². The van der Waals surface area contributed by atoms with Crippen LogP contribution in [0, 0.1) is 20.8 Å². The van der Waals surface area contributed by atoms with Gasteiger partial charge in [-0.1, -0.05) is 67.1 Å². The first kappa shape index (κ1) is 33.1. The molecule has 0 bridgehead atoms. The molecule has 3 aromatic rings. The Bertz CT molecular complexity index is 1050. The fourth-order valence-corrected chi connectivity index (χ4v) is 3.81. The zero-order valence-electron chi connectivity index (χ0n) is 22.8. The highest BCUT2D eigenvalue weighted by atomic mass is 79.9. The third-order valence-corrected chi connectivity index (χ3v) is 5.98. The number of aliphatic hydroxyl groups is 1. The van der Waals surface area contributed by atoms with E-state index in [9.17, 15) is 4.79 Å². The van der Waals surface area contributed by atoms with E-state index in [-0.39, 0.29) is 0 Å². The van der Waals surface area contributed by atoms with E-state index in [0.29, 0.717) is 13.1 Å². The van der Waals surface area contributed by atoms with Crippen molar-refractivity contribution >= 4 is 28.1 Å². The van der Waals surface area contributed by atoms with Crippen LogP contribution in [-0.4, -0.2) is 17.2 Å². The smallest absolute Gasteiger partial charge is 0.293 e. The van der Waals surface area contributed by atoms with Crippen LogP contribution in [0.15, 0.2) is 72.2 Å². The first-order valence-electron chi connectivity index (χ1n) is 11.9. The summed E-state index contributed by atoms with van der Waals surface area (Å²) in [7, 11) is 0. The summed E-state index contributed by atoms with van der Waals surface area (Å²) in [5.41, 5.74) is 15.2. The van der Waals surface area contributed by atoms with Gasteiger partial charge in [-0.05, 0) is 97.3 Å². The third kappa shape index (κ3) is 11.7. The van der Waals surface area contributed by atoms with E-state index in [1.807, 2.05) is 30.3 Å². The zero-order valence-corrected chi connectivity index (χ0v) is 24.4. The molecule has 3 N–H and O–H groups in total. The second-order valence-corrected chi connectivity index (χ2v) is 9.91. The van der Waals surface area contributed by atoms with Crippen LogP contribution < -0.4 is 5.73 Å². The first-order chi connectivity index (χ1) is 16.9. The van der Waals surface area contributed by atoms with Crippen molar-refractivity contribution in [3.63, 3.8) is 0 Å². The molecule has 0 aliphatic rings. The Kier molecular flexibility index (Phi) is 15.4. The molecule has 0 aliphatic heterocycles. The standard InChI is InChI=1S/C17H20BrN.C8H8O2.C4H10O.C2H4/c1-5-14-11(3)17(19)16(18)12(4)15(14)13-8-6-10(2)7-9-13;9-7-10-6-8-4-2-1-3-5-8;1-4(2,3)5;1-2/h6-9H,5,19H2,1-4H3;1-5,7H,6H2;5H,1-3H3;1-2H2. The van der Waals surface area contributed by atoms with Gasteiger partial charge in [0.05, 0.1) is 5.60 Å². The fourth-order valence-electron chi connectivity index (χ4n) is 3.31. The molecule has 196 valence electrons. The van der Waals surface area contributed by atoms with Gasteiger partial charge in [0.25, 0.3) is 6.47 Å². The molecule has 0 amide bonds. The molecule has 3 rings (SSSR count). The van der Waals surface area contributed by atoms with E-state index in [2.05, 4.69) is 85.8 Å². The number of rotatable bonds is 5. The molecule has 0 atom stereocenters. The number of ether oxygens (including phenoxy) is 1. The molecule has 36 heavy (non-hydrogen) atoms.